The Bertz CT molecular complexity index is 1130. The van der Waals surface area contributed by atoms with Gasteiger partial charge in [0.1, 0.15) is 27.7 Å². The van der Waals surface area contributed by atoms with Crippen LogP contribution in [0.2, 0.25) is 0 Å². The number of hydrogen-bond acceptors (Lipinski definition) is 6. The summed E-state index contributed by atoms with van der Waals surface area (Å²) in [5.74, 6) is -1.41. The second kappa shape index (κ2) is 7.20. The van der Waals surface area contributed by atoms with Gasteiger partial charge in [0.15, 0.2) is 0 Å². The molecule has 2 heterocycles. The van der Waals surface area contributed by atoms with Gasteiger partial charge in [0.2, 0.25) is 0 Å². The van der Waals surface area contributed by atoms with E-state index in [4.69, 9.17) is 4.74 Å². The standard InChI is InChI=1S/C20H20N2O5S/c1-11-14-16(21-12(2)22(17(14)23)20(3,4)19(25)26)28-15(11)18(24)27-10-13-8-6-5-7-9-13/h5-9H,10H2,1-4H3,(H,25,26). The van der Waals surface area contributed by atoms with Crippen LogP contribution in [-0.4, -0.2) is 26.6 Å². The van der Waals surface area contributed by atoms with E-state index < -0.39 is 23.0 Å². The number of carboxylic acid groups (broad SMARTS) is 1. The zero-order valence-corrected chi connectivity index (χ0v) is 16.8. The number of nitrogens with zero attached hydrogens (tertiary/aromatic N) is 2. The maximum Gasteiger partial charge on any atom is 0.349 e. The van der Waals surface area contributed by atoms with E-state index in [0.29, 0.717) is 15.3 Å². The van der Waals surface area contributed by atoms with Crippen molar-refractivity contribution in [2.45, 2.75) is 39.8 Å². The molecule has 1 aromatic carbocycles. The maximum absolute atomic E-state index is 13.1. The predicted molar refractivity (Wildman–Crippen MR) is 106 cm³/mol. The molecule has 2 aromatic heterocycles. The molecule has 146 valence electrons. The Balaban J connectivity index is 2.04. The average molecular weight is 400 g/mol. The summed E-state index contributed by atoms with van der Waals surface area (Å²) in [6.45, 7) is 6.22. The van der Waals surface area contributed by atoms with Gasteiger partial charge in [0.25, 0.3) is 5.56 Å². The number of esters is 1. The molecular formula is C20H20N2O5S. The quantitative estimate of drug-likeness (QED) is 0.660. The lowest BCUT2D eigenvalue weighted by molar-refractivity contribution is -0.145. The number of carbonyl (C=O) groups excluding carboxylic acids is 1. The summed E-state index contributed by atoms with van der Waals surface area (Å²) in [5, 5.41) is 9.74. The Morgan fingerprint density at radius 3 is 2.46 bits per heavy atom. The molecule has 0 radical (unpaired) electrons. The van der Waals surface area contributed by atoms with Gasteiger partial charge in [-0.3, -0.25) is 9.36 Å². The van der Waals surface area contributed by atoms with Crippen LogP contribution in [0.15, 0.2) is 35.1 Å². The molecule has 3 rings (SSSR count). The van der Waals surface area contributed by atoms with Gasteiger partial charge in [-0.2, -0.15) is 0 Å². The summed E-state index contributed by atoms with van der Waals surface area (Å²) in [7, 11) is 0. The average Bonchev–Trinajstić information content (AvgIpc) is 2.96. The molecule has 28 heavy (non-hydrogen) atoms. The Morgan fingerprint density at radius 2 is 1.86 bits per heavy atom. The smallest absolute Gasteiger partial charge is 0.349 e. The Hall–Kier alpha value is -3.00. The van der Waals surface area contributed by atoms with E-state index >= 15 is 0 Å². The van der Waals surface area contributed by atoms with E-state index in [9.17, 15) is 19.5 Å². The topological polar surface area (TPSA) is 98.5 Å². The molecule has 8 heteroatoms. The molecule has 0 unspecified atom stereocenters. The van der Waals surface area contributed by atoms with Crippen molar-refractivity contribution in [3.8, 4) is 0 Å². The Labute approximate surface area is 165 Å². The van der Waals surface area contributed by atoms with Crippen LogP contribution in [0, 0.1) is 13.8 Å². The summed E-state index contributed by atoms with van der Waals surface area (Å²) >= 11 is 1.08. The van der Waals surface area contributed by atoms with Crippen molar-refractivity contribution < 1.29 is 19.4 Å². The van der Waals surface area contributed by atoms with Crippen LogP contribution in [0.5, 0.6) is 0 Å². The Morgan fingerprint density at radius 1 is 1.21 bits per heavy atom. The van der Waals surface area contributed by atoms with Gasteiger partial charge in [-0.1, -0.05) is 30.3 Å². The van der Waals surface area contributed by atoms with Gasteiger partial charge < -0.3 is 9.84 Å². The van der Waals surface area contributed by atoms with Gasteiger partial charge in [-0.05, 0) is 38.8 Å². The molecule has 0 saturated carbocycles. The number of aryl methyl sites for hydroxylation is 2. The van der Waals surface area contributed by atoms with E-state index in [1.165, 1.54) is 13.8 Å². The molecule has 0 spiro atoms. The highest BCUT2D eigenvalue weighted by Crippen LogP contribution is 2.29. The van der Waals surface area contributed by atoms with Crippen LogP contribution >= 0.6 is 11.3 Å². The van der Waals surface area contributed by atoms with Crippen molar-refractivity contribution in [2.24, 2.45) is 0 Å². The van der Waals surface area contributed by atoms with E-state index in [0.717, 1.165) is 21.5 Å². The number of hydrogen-bond donors (Lipinski definition) is 1. The number of aromatic nitrogens is 2. The summed E-state index contributed by atoms with van der Waals surface area (Å²) in [6.07, 6.45) is 0. The fraction of sp³-hybridized carbons (Fsp3) is 0.300. The van der Waals surface area contributed by atoms with Crippen molar-refractivity contribution in [3.63, 3.8) is 0 Å². The fourth-order valence-electron chi connectivity index (χ4n) is 3.02. The fourth-order valence-corrected chi connectivity index (χ4v) is 4.13. The van der Waals surface area contributed by atoms with E-state index in [-0.39, 0.29) is 17.8 Å². The predicted octanol–water partition coefficient (Wildman–Crippen LogP) is 3.25. The summed E-state index contributed by atoms with van der Waals surface area (Å²) < 4.78 is 6.52. The summed E-state index contributed by atoms with van der Waals surface area (Å²) in [5.41, 5.74) is -0.643. The lowest BCUT2D eigenvalue weighted by atomic mass is 10.0. The van der Waals surface area contributed by atoms with Crippen molar-refractivity contribution >= 4 is 33.5 Å². The number of fused-ring (bicyclic) bond motifs is 1. The molecule has 0 fully saturated rings. The number of benzene rings is 1. The largest absolute Gasteiger partial charge is 0.480 e. The molecule has 0 amide bonds. The molecule has 0 aliphatic rings. The van der Waals surface area contributed by atoms with Crippen LogP contribution in [-0.2, 0) is 21.7 Å². The highest BCUT2D eigenvalue weighted by atomic mass is 32.1. The van der Waals surface area contributed by atoms with Crippen LogP contribution in [0.4, 0.5) is 0 Å². The lowest BCUT2D eigenvalue weighted by Gasteiger charge is -2.24. The number of rotatable bonds is 5. The van der Waals surface area contributed by atoms with Crippen LogP contribution < -0.4 is 5.56 Å². The highest BCUT2D eigenvalue weighted by molar-refractivity contribution is 7.20. The third-order valence-corrected chi connectivity index (χ3v) is 5.78. The SMILES string of the molecule is Cc1c(C(=O)OCc2ccccc2)sc2nc(C)n(C(C)(C)C(=O)O)c(=O)c12. The van der Waals surface area contributed by atoms with Gasteiger partial charge in [0, 0.05) is 0 Å². The molecule has 7 nitrogen and oxygen atoms in total. The van der Waals surface area contributed by atoms with Crippen molar-refractivity contribution in [2.75, 3.05) is 0 Å². The van der Waals surface area contributed by atoms with Crippen molar-refractivity contribution in [1.82, 2.24) is 9.55 Å². The first kappa shape index (κ1) is 19.8. The minimum Gasteiger partial charge on any atom is -0.480 e. The molecule has 0 bridgehead atoms. The normalized spacial score (nSPS) is 11.6. The third kappa shape index (κ3) is 3.31. The second-order valence-corrected chi connectivity index (χ2v) is 7.96. The number of carbonyl (C=O) groups is 2. The van der Waals surface area contributed by atoms with Gasteiger partial charge in [0.05, 0.1) is 5.39 Å². The zero-order valence-electron chi connectivity index (χ0n) is 16.0. The van der Waals surface area contributed by atoms with Crippen molar-refractivity contribution in [3.05, 3.63) is 62.5 Å². The third-order valence-electron chi connectivity index (χ3n) is 4.61. The zero-order chi connectivity index (χ0) is 20.6. The number of aliphatic carboxylic acids is 1. The molecule has 0 atom stereocenters. The minimum atomic E-state index is -1.47. The number of carboxylic acids is 1. The van der Waals surface area contributed by atoms with E-state index in [1.807, 2.05) is 30.3 Å². The monoisotopic (exact) mass is 400 g/mol. The Kier molecular flexibility index (Phi) is 5.08. The molecule has 0 aliphatic carbocycles. The van der Waals surface area contributed by atoms with Gasteiger partial charge in [-0.25, -0.2) is 14.6 Å². The van der Waals surface area contributed by atoms with Crippen molar-refractivity contribution in [1.29, 1.82) is 0 Å². The van der Waals surface area contributed by atoms with Crippen LogP contribution in [0.25, 0.3) is 10.2 Å². The minimum absolute atomic E-state index is 0.121. The highest BCUT2D eigenvalue weighted by Gasteiger charge is 2.34. The molecular weight excluding hydrogens is 380 g/mol. The van der Waals surface area contributed by atoms with Crippen LogP contribution in [0.1, 0.15) is 40.5 Å². The molecule has 0 saturated heterocycles. The van der Waals surface area contributed by atoms with E-state index in [2.05, 4.69) is 4.98 Å². The number of thiophene rings is 1. The molecule has 3 aromatic rings. The maximum atomic E-state index is 13.1. The second-order valence-electron chi connectivity index (χ2n) is 6.96. The van der Waals surface area contributed by atoms with Gasteiger partial charge >= 0.3 is 11.9 Å². The number of ether oxygens (including phenoxy) is 1. The first-order chi connectivity index (χ1) is 13.1. The first-order valence-electron chi connectivity index (χ1n) is 8.62. The van der Waals surface area contributed by atoms with Crippen LogP contribution in [0.3, 0.4) is 0 Å². The lowest BCUT2D eigenvalue weighted by Crippen LogP contribution is -2.44. The summed E-state index contributed by atoms with van der Waals surface area (Å²) in [6, 6.07) is 9.28. The van der Waals surface area contributed by atoms with Gasteiger partial charge in [-0.15, -0.1) is 11.3 Å². The first-order valence-corrected chi connectivity index (χ1v) is 9.44. The summed E-state index contributed by atoms with van der Waals surface area (Å²) in [4.78, 5) is 42.3. The van der Waals surface area contributed by atoms with E-state index in [1.54, 1.807) is 13.8 Å². The molecule has 1 N–H and O–H groups in total. The molecule has 0 aliphatic heterocycles.